The molecule has 2 N–H and O–H groups in total. The second-order valence-corrected chi connectivity index (χ2v) is 5.13. The third-order valence-electron chi connectivity index (χ3n) is 3.71. The summed E-state index contributed by atoms with van der Waals surface area (Å²) >= 11 is 0. The molecule has 0 aliphatic rings. The number of methoxy groups -OCH3 is 2. The molecule has 21 heavy (non-hydrogen) atoms. The molecule has 1 unspecified atom stereocenters. The van der Waals surface area contributed by atoms with Gasteiger partial charge >= 0.3 is 0 Å². The van der Waals surface area contributed by atoms with E-state index < -0.39 is 0 Å². The first-order valence-corrected chi connectivity index (χ1v) is 6.95. The zero-order valence-electron chi connectivity index (χ0n) is 13.0. The van der Waals surface area contributed by atoms with Crippen molar-refractivity contribution in [3.63, 3.8) is 0 Å². The minimum Gasteiger partial charge on any atom is -0.497 e. The molecule has 0 aliphatic carbocycles. The van der Waals surface area contributed by atoms with Gasteiger partial charge in [0.1, 0.15) is 11.5 Å². The molecule has 4 nitrogen and oxygen atoms in total. The summed E-state index contributed by atoms with van der Waals surface area (Å²) in [6.07, 6.45) is 2.51. The van der Waals surface area contributed by atoms with Gasteiger partial charge in [-0.1, -0.05) is 12.1 Å². The molecule has 1 aromatic carbocycles. The molecule has 1 heterocycles. The number of nitrogens with two attached hydrogens (primary N) is 1. The van der Waals surface area contributed by atoms with Crippen LogP contribution >= 0.6 is 0 Å². The van der Waals surface area contributed by atoms with E-state index >= 15 is 0 Å². The third kappa shape index (κ3) is 3.34. The highest BCUT2D eigenvalue weighted by atomic mass is 16.5. The second-order valence-electron chi connectivity index (χ2n) is 5.13. The van der Waals surface area contributed by atoms with Crippen molar-refractivity contribution >= 4 is 0 Å². The number of aromatic nitrogens is 1. The smallest absolute Gasteiger partial charge is 0.128 e. The lowest BCUT2D eigenvalue weighted by molar-refractivity contribution is 0.406. The summed E-state index contributed by atoms with van der Waals surface area (Å²) in [5.41, 5.74) is 10.4. The second kappa shape index (κ2) is 6.59. The van der Waals surface area contributed by atoms with Crippen molar-refractivity contribution in [1.29, 1.82) is 0 Å². The van der Waals surface area contributed by atoms with E-state index in [-0.39, 0.29) is 6.04 Å². The van der Waals surface area contributed by atoms with Gasteiger partial charge in [0.15, 0.2) is 0 Å². The van der Waals surface area contributed by atoms with Gasteiger partial charge in [0.05, 0.1) is 14.2 Å². The van der Waals surface area contributed by atoms with Crippen molar-refractivity contribution in [2.75, 3.05) is 14.2 Å². The van der Waals surface area contributed by atoms with Crippen molar-refractivity contribution in [1.82, 2.24) is 4.98 Å². The van der Waals surface area contributed by atoms with Crippen LogP contribution < -0.4 is 15.2 Å². The van der Waals surface area contributed by atoms with Crippen LogP contribution in [0.15, 0.2) is 30.5 Å². The van der Waals surface area contributed by atoms with Gasteiger partial charge in [-0.2, -0.15) is 0 Å². The largest absolute Gasteiger partial charge is 0.497 e. The molecule has 0 saturated carbocycles. The van der Waals surface area contributed by atoms with Crippen molar-refractivity contribution in [2.24, 2.45) is 5.73 Å². The molecule has 1 atom stereocenters. The van der Waals surface area contributed by atoms with Crippen LogP contribution in [-0.2, 0) is 6.42 Å². The van der Waals surface area contributed by atoms with Gasteiger partial charge in [-0.25, -0.2) is 0 Å². The van der Waals surface area contributed by atoms with E-state index in [2.05, 4.69) is 4.98 Å². The van der Waals surface area contributed by atoms with Crippen LogP contribution in [0, 0.1) is 13.8 Å². The Hall–Kier alpha value is -2.07. The highest BCUT2D eigenvalue weighted by molar-refractivity contribution is 5.41. The average Bonchev–Trinajstić information content (AvgIpc) is 2.50. The van der Waals surface area contributed by atoms with E-state index in [0.717, 1.165) is 33.9 Å². The third-order valence-corrected chi connectivity index (χ3v) is 3.71. The molecule has 0 bridgehead atoms. The molecule has 0 saturated heterocycles. The number of hydrogen-bond donors (Lipinski definition) is 1. The van der Waals surface area contributed by atoms with Crippen LogP contribution in [-0.4, -0.2) is 19.2 Å². The number of aryl methyl sites for hydroxylation is 1. The maximum Gasteiger partial charge on any atom is 0.128 e. The van der Waals surface area contributed by atoms with Gasteiger partial charge in [0.25, 0.3) is 0 Å². The lowest BCUT2D eigenvalue weighted by Gasteiger charge is -2.16. The highest BCUT2D eigenvalue weighted by Crippen LogP contribution is 2.27. The van der Waals surface area contributed by atoms with Crippen molar-refractivity contribution in [3.05, 3.63) is 52.8 Å². The maximum absolute atomic E-state index is 6.30. The summed E-state index contributed by atoms with van der Waals surface area (Å²) in [5, 5.41) is 0. The Morgan fingerprint density at radius 2 is 1.76 bits per heavy atom. The molecule has 2 rings (SSSR count). The number of hydrogen-bond acceptors (Lipinski definition) is 4. The zero-order chi connectivity index (χ0) is 15.4. The van der Waals surface area contributed by atoms with Crippen molar-refractivity contribution in [2.45, 2.75) is 26.3 Å². The quantitative estimate of drug-likeness (QED) is 0.918. The zero-order valence-corrected chi connectivity index (χ0v) is 13.0. The van der Waals surface area contributed by atoms with Crippen molar-refractivity contribution < 1.29 is 9.47 Å². The van der Waals surface area contributed by atoms with E-state index in [1.165, 1.54) is 0 Å². The molecule has 0 radical (unpaired) electrons. The van der Waals surface area contributed by atoms with E-state index in [1.807, 2.05) is 44.3 Å². The Morgan fingerprint density at radius 3 is 2.33 bits per heavy atom. The molecular formula is C17H22N2O2. The van der Waals surface area contributed by atoms with Crippen LogP contribution in [0.3, 0.4) is 0 Å². The molecule has 4 heteroatoms. The van der Waals surface area contributed by atoms with Gasteiger partial charge in [-0.05, 0) is 31.5 Å². The van der Waals surface area contributed by atoms with E-state index in [0.29, 0.717) is 6.42 Å². The van der Waals surface area contributed by atoms with Crippen LogP contribution in [0.1, 0.15) is 28.4 Å². The minimum absolute atomic E-state index is 0.102. The fraction of sp³-hybridized carbons (Fsp3) is 0.353. The first kappa shape index (κ1) is 15.3. The normalized spacial score (nSPS) is 12.0. The van der Waals surface area contributed by atoms with Crippen LogP contribution in [0.25, 0.3) is 0 Å². The van der Waals surface area contributed by atoms with Crippen LogP contribution in [0.2, 0.25) is 0 Å². The van der Waals surface area contributed by atoms with Gasteiger partial charge in [0.2, 0.25) is 0 Å². The van der Waals surface area contributed by atoms with Gasteiger partial charge < -0.3 is 15.2 Å². The maximum atomic E-state index is 6.30. The predicted octanol–water partition coefficient (Wildman–Crippen LogP) is 2.96. The Kier molecular flexibility index (Phi) is 4.81. The summed E-state index contributed by atoms with van der Waals surface area (Å²) < 4.78 is 10.6. The van der Waals surface area contributed by atoms with Gasteiger partial charge in [-0.3, -0.25) is 4.98 Å². The lowest BCUT2D eigenvalue weighted by Crippen LogP contribution is -2.15. The van der Waals surface area contributed by atoms with Crippen molar-refractivity contribution in [3.8, 4) is 11.5 Å². The fourth-order valence-electron chi connectivity index (χ4n) is 2.45. The van der Waals surface area contributed by atoms with E-state index in [4.69, 9.17) is 15.2 Å². The first-order valence-electron chi connectivity index (χ1n) is 6.95. The topological polar surface area (TPSA) is 57.4 Å². The highest BCUT2D eigenvalue weighted by Gasteiger charge is 2.14. The monoisotopic (exact) mass is 286 g/mol. The molecule has 2 aromatic rings. The van der Waals surface area contributed by atoms with Crippen LogP contribution in [0.4, 0.5) is 0 Å². The van der Waals surface area contributed by atoms with Gasteiger partial charge in [0, 0.05) is 35.5 Å². The summed E-state index contributed by atoms with van der Waals surface area (Å²) in [4.78, 5) is 4.50. The predicted molar refractivity (Wildman–Crippen MR) is 83.9 cm³/mol. The number of ether oxygens (including phenoxy) is 2. The standard InChI is InChI=1S/C17H22N2O2/c1-11-10-19-16(12(2)17(11)21-4)9-15(18)13-5-7-14(20-3)8-6-13/h5-8,10,15H,9,18H2,1-4H3. The summed E-state index contributed by atoms with van der Waals surface area (Å²) in [6, 6.07) is 7.72. The summed E-state index contributed by atoms with van der Waals surface area (Å²) in [7, 11) is 3.34. The molecular weight excluding hydrogens is 264 g/mol. The summed E-state index contributed by atoms with van der Waals surface area (Å²) in [5.74, 6) is 1.72. The lowest BCUT2D eigenvalue weighted by atomic mass is 9.99. The number of nitrogens with zero attached hydrogens (tertiary/aromatic N) is 1. The molecule has 0 aliphatic heterocycles. The molecule has 0 amide bonds. The average molecular weight is 286 g/mol. The molecule has 1 aromatic heterocycles. The Bertz CT molecular complexity index is 609. The molecule has 0 spiro atoms. The SMILES string of the molecule is COc1ccc(C(N)Cc2ncc(C)c(OC)c2C)cc1. The Labute approximate surface area is 125 Å². The fourth-order valence-corrected chi connectivity index (χ4v) is 2.45. The van der Waals surface area contributed by atoms with Gasteiger partial charge in [-0.15, -0.1) is 0 Å². The molecule has 112 valence electrons. The Balaban J connectivity index is 2.20. The van der Waals surface area contributed by atoms with E-state index in [9.17, 15) is 0 Å². The first-order chi connectivity index (χ1) is 10.1. The molecule has 0 fully saturated rings. The summed E-state index contributed by atoms with van der Waals surface area (Å²) in [6.45, 7) is 4.01. The Morgan fingerprint density at radius 1 is 1.10 bits per heavy atom. The van der Waals surface area contributed by atoms with E-state index in [1.54, 1.807) is 14.2 Å². The van der Waals surface area contributed by atoms with Crippen LogP contribution in [0.5, 0.6) is 11.5 Å². The number of rotatable bonds is 5. The minimum atomic E-state index is -0.102. The number of benzene rings is 1. The number of pyridine rings is 1.